The second kappa shape index (κ2) is 11.8. The molecule has 3 heterocycles. The summed E-state index contributed by atoms with van der Waals surface area (Å²) in [6.07, 6.45) is 2.20. The minimum Gasteiger partial charge on any atom is -0.370 e. The summed E-state index contributed by atoms with van der Waals surface area (Å²) in [5, 5.41) is 17.9. The summed E-state index contributed by atoms with van der Waals surface area (Å²) < 4.78 is 28.1. The highest BCUT2D eigenvalue weighted by Crippen LogP contribution is 2.59. The highest BCUT2D eigenvalue weighted by Gasteiger charge is 2.76. The van der Waals surface area contributed by atoms with Crippen molar-refractivity contribution in [3.05, 3.63) is 132 Å². The second-order valence-corrected chi connectivity index (χ2v) is 11.8. The lowest BCUT2D eigenvalue weighted by Gasteiger charge is -2.30. The Morgan fingerprint density at radius 1 is 0.791 bits per heavy atom. The van der Waals surface area contributed by atoms with Crippen LogP contribution in [0.3, 0.4) is 0 Å². The minimum atomic E-state index is -1.88. The molecule has 1 aliphatic carbocycles. The van der Waals surface area contributed by atoms with Gasteiger partial charge >= 0.3 is 0 Å². The van der Waals surface area contributed by atoms with Gasteiger partial charge in [-0.3, -0.25) is 0 Å². The number of benzene rings is 3. The van der Waals surface area contributed by atoms with E-state index in [0.717, 1.165) is 27.2 Å². The van der Waals surface area contributed by atoms with Crippen LogP contribution < -0.4 is 0 Å². The van der Waals surface area contributed by atoms with Crippen molar-refractivity contribution in [1.29, 1.82) is 0 Å². The predicted molar refractivity (Wildman–Crippen MR) is 162 cm³/mol. The van der Waals surface area contributed by atoms with Gasteiger partial charge in [0.15, 0.2) is 0 Å². The molecule has 1 saturated carbocycles. The molecule has 2 aliphatic rings. The fourth-order valence-electron chi connectivity index (χ4n) is 5.96. The molecule has 0 amide bonds. The molecule has 1 N–H and O–H groups in total. The number of fused-ring (bicyclic) bond motifs is 1. The Kier molecular flexibility index (Phi) is 7.77. The largest absolute Gasteiger partial charge is 0.370 e. The van der Waals surface area contributed by atoms with Gasteiger partial charge in [0.2, 0.25) is 5.79 Å². The second-order valence-electron chi connectivity index (χ2n) is 11.0. The molecule has 0 radical (unpaired) electrons. The maximum atomic E-state index is 12.6. The molecule has 0 bridgehead atoms. The van der Waals surface area contributed by atoms with Gasteiger partial charge in [-0.05, 0) is 35.1 Å². The first kappa shape index (κ1) is 28.2. The molecule has 43 heavy (non-hydrogen) atoms. The number of nitrogens with zero attached hydrogens (tertiary/aromatic N) is 3. The Balaban J connectivity index is 1.26. The van der Waals surface area contributed by atoms with Crippen molar-refractivity contribution in [1.82, 2.24) is 14.6 Å². The Bertz CT molecular complexity index is 1670. The highest BCUT2D eigenvalue weighted by atomic mass is 32.2. The van der Waals surface area contributed by atoms with Crippen molar-refractivity contribution < 1.29 is 24.1 Å². The van der Waals surface area contributed by atoms with Crippen LogP contribution in [0.15, 0.2) is 114 Å². The maximum absolute atomic E-state index is 12.6. The van der Waals surface area contributed by atoms with Crippen LogP contribution in [0.4, 0.5) is 0 Å². The smallest absolute Gasteiger partial charge is 0.240 e. The molecule has 5 atom stereocenters. The van der Waals surface area contributed by atoms with E-state index in [9.17, 15) is 5.11 Å². The Morgan fingerprint density at radius 2 is 1.35 bits per heavy atom. The molecule has 5 aromatic rings. The molecule has 2 fully saturated rings. The minimum absolute atomic E-state index is 0.266. The zero-order valence-electron chi connectivity index (χ0n) is 23.8. The number of ether oxygens (including phenoxy) is 4. The summed E-state index contributed by atoms with van der Waals surface area (Å²) >= 11 is 1.51. The molecule has 8 nitrogen and oxygen atoms in total. The highest BCUT2D eigenvalue weighted by molar-refractivity contribution is 7.98. The van der Waals surface area contributed by atoms with Crippen molar-refractivity contribution in [3.8, 4) is 0 Å². The number of aromatic nitrogens is 3. The third-order valence-electron chi connectivity index (χ3n) is 8.19. The Morgan fingerprint density at radius 3 is 1.93 bits per heavy atom. The fraction of sp³-hybridized carbons (Fsp3) is 0.294. The van der Waals surface area contributed by atoms with E-state index in [1.54, 1.807) is 4.52 Å². The lowest BCUT2D eigenvalue weighted by Crippen LogP contribution is -2.45. The van der Waals surface area contributed by atoms with Gasteiger partial charge in [-0.2, -0.15) is 5.10 Å². The van der Waals surface area contributed by atoms with E-state index in [-0.39, 0.29) is 12.7 Å². The summed E-state index contributed by atoms with van der Waals surface area (Å²) in [6.45, 7) is 1.02. The number of thioether (sulfide) groups is 1. The van der Waals surface area contributed by atoms with E-state index in [2.05, 4.69) is 10.1 Å². The van der Waals surface area contributed by atoms with Crippen LogP contribution in [-0.4, -0.2) is 49.9 Å². The topological polar surface area (TPSA) is 87.3 Å². The van der Waals surface area contributed by atoms with Gasteiger partial charge in [0.05, 0.1) is 31.4 Å². The van der Waals surface area contributed by atoms with Gasteiger partial charge in [-0.15, -0.1) is 11.8 Å². The first-order chi connectivity index (χ1) is 21.1. The summed E-state index contributed by atoms with van der Waals surface area (Å²) in [5.74, 6) is -1.88. The molecular weight excluding hydrogens is 562 g/mol. The molecule has 2 aromatic heterocycles. The molecule has 2 unspecified atom stereocenters. The van der Waals surface area contributed by atoms with Crippen molar-refractivity contribution in [3.63, 3.8) is 0 Å². The summed E-state index contributed by atoms with van der Waals surface area (Å²) in [7, 11) is 0. The molecule has 1 aliphatic heterocycles. The molecule has 1 spiro atoms. The summed E-state index contributed by atoms with van der Waals surface area (Å²) in [4.78, 5) is 4.40. The average molecular weight is 596 g/mol. The Hall–Kier alpha value is -3.57. The molecular formula is C34H33N3O5S. The van der Waals surface area contributed by atoms with Crippen LogP contribution in [0.2, 0.25) is 0 Å². The van der Waals surface area contributed by atoms with E-state index in [4.69, 9.17) is 18.9 Å². The zero-order valence-corrected chi connectivity index (χ0v) is 24.6. The monoisotopic (exact) mass is 595 g/mol. The van der Waals surface area contributed by atoms with Crippen molar-refractivity contribution in [2.24, 2.45) is 0 Å². The van der Waals surface area contributed by atoms with E-state index >= 15 is 0 Å². The molecule has 9 heteroatoms. The van der Waals surface area contributed by atoms with E-state index < -0.39 is 23.6 Å². The van der Waals surface area contributed by atoms with Crippen LogP contribution in [0.1, 0.15) is 28.8 Å². The molecule has 7 rings (SSSR count). The zero-order chi connectivity index (χ0) is 29.3. The van der Waals surface area contributed by atoms with E-state index in [1.165, 1.54) is 18.1 Å². The lowest BCUT2D eigenvalue weighted by molar-refractivity contribution is -0.259. The van der Waals surface area contributed by atoms with E-state index in [0.29, 0.717) is 25.3 Å². The van der Waals surface area contributed by atoms with Crippen molar-refractivity contribution >= 4 is 17.3 Å². The third-order valence-corrected chi connectivity index (χ3v) is 8.89. The molecule has 3 aromatic carbocycles. The first-order valence-electron chi connectivity index (χ1n) is 14.4. The van der Waals surface area contributed by atoms with Crippen molar-refractivity contribution in [2.75, 3.05) is 6.26 Å². The molecule has 1 saturated heterocycles. The van der Waals surface area contributed by atoms with Gasteiger partial charge < -0.3 is 24.1 Å². The van der Waals surface area contributed by atoms with Crippen LogP contribution in [0.25, 0.3) is 5.52 Å². The van der Waals surface area contributed by atoms with Gasteiger partial charge in [-0.1, -0.05) is 91.0 Å². The van der Waals surface area contributed by atoms with Gasteiger partial charge in [-0.25, -0.2) is 9.50 Å². The van der Waals surface area contributed by atoms with Gasteiger partial charge in [0.1, 0.15) is 34.9 Å². The summed E-state index contributed by atoms with van der Waals surface area (Å²) in [5.41, 5.74) is 3.38. The van der Waals surface area contributed by atoms with Crippen LogP contribution in [-0.2, 0) is 44.6 Å². The van der Waals surface area contributed by atoms with Crippen molar-refractivity contribution in [2.45, 2.75) is 61.0 Å². The number of aliphatic hydroxyl groups is 1. The Labute approximate surface area is 254 Å². The average Bonchev–Trinajstić information content (AvgIpc) is 3.43. The quantitative estimate of drug-likeness (QED) is 0.200. The first-order valence-corrected chi connectivity index (χ1v) is 15.6. The number of hydrogen-bond donors (Lipinski definition) is 1. The van der Waals surface area contributed by atoms with Gasteiger partial charge in [0, 0.05) is 6.42 Å². The fourth-order valence-corrected chi connectivity index (χ4v) is 6.48. The normalized spacial score (nSPS) is 26.3. The number of hydrogen-bond acceptors (Lipinski definition) is 8. The summed E-state index contributed by atoms with van der Waals surface area (Å²) in [6, 6.07) is 33.7. The van der Waals surface area contributed by atoms with Crippen LogP contribution in [0.5, 0.6) is 0 Å². The number of rotatable bonds is 11. The lowest BCUT2D eigenvalue weighted by atomic mass is 10.00. The van der Waals surface area contributed by atoms with E-state index in [1.807, 2.05) is 109 Å². The third kappa shape index (κ3) is 5.37. The predicted octanol–water partition coefficient (Wildman–Crippen LogP) is 5.53. The molecule has 220 valence electrons. The van der Waals surface area contributed by atoms with Gasteiger partial charge in [0.25, 0.3) is 0 Å². The van der Waals surface area contributed by atoms with Crippen LogP contribution >= 0.6 is 11.8 Å². The standard InChI is InChI=1S/C34H33N3O5S/c1-43-32-27-17-18-28(37(27)36-23-35-32)34(38)31(41-22-26-15-9-4-10-16-26)30(40-21-25-13-7-3-8-14-25)33(42-34)19-29(33)39-20-24-11-5-2-6-12-24/h2-18,23,29-31,38H,19-22H2,1H3/t29?,30-,31+,33+,34?/m0/s1. The van der Waals surface area contributed by atoms with Crippen LogP contribution in [0, 0.1) is 0 Å². The SMILES string of the molecule is CSc1ncnn2c(C3(O)O[C@@]4(CC4OCc4ccccc4)[C@@H](OCc4ccccc4)[C@H]3OCc3ccccc3)ccc12. The maximum Gasteiger partial charge on any atom is 0.240 e.